The van der Waals surface area contributed by atoms with Crippen LogP contribution in [0.2, 0.25) is 5.02 Å². The first-order chi connectivity index (χ1) is 10.1. The zero-order valence-electron chi connectivity index (χ0n) is 12.1. The third kappa shape index (κ3) is 3.22. The number of ether oxygens (including phenoxy) is 1. The lowest BCUT2D eigenvalue weighted by Gasteiger charge is -2.29. The normalized spacial score (nSPS) is 18.7. The molecule has 2 atom stereocenters. The molecule has 0 saturated heterocycles. The van der Waals surface area contributed by atoms with Crippen molar-refractivity contribution in [2.45, 2.75) is 25.9 Å². The maximum Gasteiger partial charge on any atom is 0.122 e. The van der Waals surface area contributed by atoms with Crippen LogP contribution in [0.25, 0.3) is 0 Å². The fourth-order valence-corrected chi connectivity index (χ4v) is 3.12. The van der Waals surface area contributed by atoms with Gasteiger partial charge in [0.15, 0.2) is 0 Å². The number of aryl methyl sites for hydroxylation is 1. The van der Waals surface area contributed by atoms with Crippen LogP contribution in [0.15, 0.2) is 42.5 Å². The third-order valence-electron chi connectivity index (χ3n) is 4.09. The van der Waals surface area contributed by atoms with E-state index in [1.54, 1.807) is 0 Å². The highest BCUT2D eigenvalue weighted by atomic mass is 35.5. The molecule has 1 N–H and O–H groups in total. The van der Waals surface area contributed by atoms with E-state index in [-0.39, 0.29) is 5.92 Å². The van der Waals surface area contributed by atoms with Gasteiger partial charge < -0.3 is 9.84 Å². The molecule has 1 aliphatic rings. The summed E-state index contributed by atoms with van der Waals surface area (Å²) in [7, 11) is 0. The first-order valence-electron chi connectivity index (χ1n) is 7.27. The fourth-order valence-electron chi connectivity index (χ4n) is 2.81. The van der Waals surface area contributed by atoms with E-state index < -0.39 is 6.10 Å². The van der Waals surface area contributed by atoms with E-state index in [0.717, 1.165) is 28.3 Å². The molecule has 3 rings (SSSR count). The van der Waals surface area contributed by atoms with Gasteiger partial charge in [0.2, 0.25) is 0 Å². The summed E-state index contributed by atoms with van der Waals surface area (Å²) in [6.45, 7) is 2.57. The monoisotopic (exact) mass is 302 g/mol. The number of para-hydroxylation sites is 1. The zero-order chi connectivity index (χ0) is 14.8. The van der Waals surface area contributed by atoms with Crippen molar-refractivity contribution < 1.29 is 9.84 Å². The molecule has 0 radical (unpaired) electrons. The van der Waals surface area contributed by atoms with Crippen LogP contribution >= 0.6 is 11.6 Å². The predicted octanol–water partition coefficient (Wildman–Crippen LogP) is 3.80. The van der Waals surface area contributed by atoms with E-state index in [2.05, 4.69) is 6.07 Å². The summed E-state index contributed by atoms with van der Waals surface area (Å²) in [6, 6.07) is 14.0. The first-order valence-corrected chi connectivity index (χ1v) is 7.65. The SMILES string of the molecule is Cc1ccc(CC(O)C2COc3ccccc3C2)c(Cl)c1. The zero-order valence-corrected chi connectivity index (χ0v) is 12.8. The van der Waals surface area contributed by atoms with Crippen LogP contribution in [0.1, 0.15) is 16.7 Å². The maximum atomic E-state index is 10.5. The minimum Gasteiger partial charge on any atom is -0.493 e. The molecule has 0 aliphatic carbocycles. The summed E-state index contributed by atoms with van der Waals surface area (Å²) in [6.07, 6.45) is 0.967. The van der Waals surface area contributed by atoms with E-state index in [1.165, 1.54) is 5.56 Å². The molecule has 1 aliphatic heterocycles. The molecule has 2 nitrogen and oxygen atoms in total. The summed E-state index contributed by atoms with van der Waals surface area (Å²) < 4.78 is 5.75. The van der Waals surface area contributed by atoms with Gasteiger partial charge in [-0.05, 0) is 42.2 Å². The number of benzene rings is 2. The standard InChI is InChI=1S/C18H19ClO2/c1-12-6-7-13(16(19)8-12)10-17(20)15-9-14-4-2-3-5-18(14)21-11-15/h2-8,15,17,20H,9-11H2,1H3. The van der Waals surface area contributed by atoms with E-state index in [1.807, 2.05) is 43.3 Å². The van der Waals surface area contributed by atoms with Crippen molar-refractivity contribution in [2.24, 2.45) is 5.92 Å². The second kappa shape index (κ2) is 6.08. The number of hydrogen-bond acceptors (Lipinski definition) is 2. The van der Waals surface area contributed by atoms with Crippen LogP contribution < -0.4 is 4.74 Å². The van der Waals surface area contributed by atoms with Gasteiger partial charge in [0.25, 0.3) is 0 Å². The molecule has 0 aromatic heterocycles. The molecule has 21 heavy (non-hydrogen) atoms. The van der Waals surface area contributed by atoms with Crippen molar-refractivity contribution in [1.29, 1.82) is 0 Å². The minimum atomic E-state index is -0.446. The van der Waals surface area contributed by atoms with Crippen LogP contribution in [0.4, 0.5) is 0 Å². The molecule has 0 spiro atoms. The van der Waals surface area contributed by atoms with E-state index in [4.69, 9.17) is 16.3 Å². The van der Waals surface area contributed by atoms with Crippen molar-refractivity contribution in [3.8, 4) is 5.75 Å². The van der Waals surface area contributed by atoms with Gasteiger partial charge in [-0.15, -0.1) is 0 Å². The average Bonchev–Trinajstić information content (AvgIpc) is 2.49. The van der Waals surface area contributed by atoms with Crippen molar-refractivity contribution in [2.75, 3.05) is 6.61 Å². The molecular weight excluding hydrogens is 284 g/mol. The molecular formula is C18H19ClO2. The lowest BCUT2D eigenvalue weighted by molar-refractivity contribution is 0.0652. The van der Waals surface area contributed by atoms with Crippen LogP contribution in [-0.2, 0) is 12.8 Å². The summed E-state index contributed by atoms with van der Waals surface area (Å²) in [4.78, 5) is 0. The predicted molar refractivity (Wildman–Crippen MR) is 85.0 cm³/mol. The molecule has 2 aromatic rings. The lowest BCUT2D eigenvalue weighted by Crippen LogP contribution is -2.33. The smallest absolute Gasteiger partial charge is 0.122 e. The Labute approximate surface area is 130 Å². The number of hydrogen-bond donors (Lipinski definition) is 1. The van der Waals surface area contributed by atoms with Crippen molar-refractivity contribution in [1.82, 2.24) is 0 Å². The third-order valence-corrected chi connectivity index (χ3v) is 4.44. The molecule has 110 valence electrons. The Balaban J connectivity index is 1.70. The lowest BCUT2D eigenvalue weighted by atomic mass is 9.89. The Hall–Kier alpha value is -1.51. The average molecular weight is 303 g/mol. The van der Waals surface area contributed by atoms with E-state index in [0.29, 0.717) is 13.0 Å². The Kier molecular flexibility index (Phi) is 4.18. The second-order valence-corrected chi connectivity index (χ2v) is 6.16. The largest absolute Gasteiger partial charge is 0.493 e. The van der Waals surface area contributed by atoms with Crippen LogP contribution in [-0.4, -0.2) is 17.8 Å². The summed E-state index contributed by atoms with van der Waals surface area (Å²) >= 11 is 6.25. The number of halogens is 1. The highest BCUT2D eigenvalue weighted by molar-refractivity contribution is 6.31. The molecule has 3 heteroatoms. The van der Waals surface area contributed by atoms with Crippen molar-refractivity contribution in [3.63, 3.8) is 0 Å². The minimum absolute atomic E-state index is 0.109. The summed E-state index contributed by atoms with van der Waals surface area (Å²) in [5.41, 5.74) is 3.30. The topological polar surface area (TPSA) is 29.5 Å². The van der Waals surface area contributed by atoms with Crippen molar-refractivity contribution in [3.05, 3.63) is 64.2 Å². The first kappa shape index (κ1) is 14.4. The molecule has 2 aromatic carbocycles. The molecule has 0 saturated carbocycles. The molecule has 0 bridgehead atoms. The number of rotatable bonds is 3. The van der Waals surface area contributed by atoms with E-state index in [9.17, 15) is 5.11 Å². The number of fused-ring (bicyclic) bond motifs is 1. The van der Waals surface area contributed by atoms with Gasteiger partial charge in [0, 0.05) is 17.4 Å². The van der Waals surface area contributed by atoms with Gasteiger partial charge in [0.05, 0.1) is 12.7 Å². The number of aliphatic hydroxyl groups is 1. The van der Waals surface area contributed by atoms with Crippen LogP contribution in [0, 0.1) is 12.8 Å². The van der Waals surface area contributed by atoms with Gasteiger partial charge in [-0.2, -0.15) is 0 Å². The second-order valence-electron chi connectivity index (χ2n) is 5.75. The van der Waals surface area contributed by atoms with Crippen LogP contribution in [0.5, 0.6) is 5.75 Å². The highest BCUT2D eigenvalue weighted by Gasteiger charge is 2.26. The van der Waals surface area contributed by atoms with E-state index >= 15 is 0 Å². The highest BCUT2D eigenvalue weighted by Crippen LogP contribution is 2.30. The van der Waals surface area contributed by atoms with Gasteiger partial charge in [-0.3, -0.25) is 0 Å². The summed E-state index contributed by atoms with van der Waals surface area (Å²) in [5, 5.41) is 11.2. The summed E-state index contributed by atoms with van der Waals surface area (Å²) in [5.74, 6) is 1.05. The Morgan fingerprint density at radius 2 is 2.10 bits per heavy atom. The van der Waals surface area contributed by atoms with Crippen LogP contribution in [0.3, 0.4) is 0 Å². The Bertz CT molecular complexity index is 639. The molecule has 0 amide bonds. The van der Waals surface area contributed by atoms with Gasteiger partial charge >= 0.3 is 0 Å². The van der Waals surface area contributed by atoms with Gasteiger partial charge in [-0.1, -0.05) is 41.9 Å². The van der Waals surface area contributed by atoms with Gasteiger partial charge in [0.1, 0.15) is 5.75 Å². The molecule has 1 heterocycles. The maximum absolute atomic E-state index is 10.5. The Morgan fingerprint density at radius 1 is 1.29 bits per heavy atom. The van der Waals surface area contributed by atoms with Crippen molar-refractivity contribution >= 4 is 11.6 Å². The Morgan fingerprint density at radius 3 is 2.90 bits per heavy atom. The van der Waals surface area contributed by atoms with Gasteiger partial charge in [-0.25, -0.2) is 0 Å². The fraction of sp³-hybridized carbons (Fsp3) is 0.333. The number of aliphatic hydroxyl groups excluding tert-OH is 1. The molecule has 2 unspecified atom stereocenters. The molecule has 0 fully saturated rings. The quantitative estimate of drug-likeness (QED) is 0.934.